The molecule has 4 N–H and O–H groups in total. The number of rotatable bonds is 1. The van der Waals surface area contributed by atoms with Crippen LogP contribution in [0.2, 0.25) is 0 Å². The molecule has 0 aliphatic carbocycles. The fraction of sp³-hybridized carbons (Fsp3) is 1.00. The van der Waals surface area contributed by atoms with Gasteiger partial charge < -0.3 is 15.5 Å². The SMILES string of the molecule is CCCS.O.OBO.[NaH]. The first-order valence-corrected chi connectivity index (χ1v) is 2.79. The van der Waals surface area contributed by atoms with E-state index in [1.165, 1.54) is 6.42 Å². The number of hydrogen-bond donors (Lipinski definition) is 3. The Morgan fingerprint density at radius 3 is 1.56 bits per heavy atom. The van der Waals surface area contributed by atoms with Crippen LogP contribution in [0.1, 0.15) is 13.3 Å². The molecular formula is C3H14BNaO3S. The predicted molar refractivity (Wildman–Crippen MR) is 46.5 cm³/mol. The van der Waals surface area contributed by atoms with Gasteiger partial charge in [-0.3, -0.25) is 0 Å². The van der Waals surface area contributed by atoms with Crippen molar-refractivity contribution < 1.29 is 15.5 Å². The van der Waals surface area contributed by atoms with Crippen molar-refractivity contribution in [1.82, 2.24) is 0 Å². The van der Waals surface area contributed by atoms with E-state index in [4.69, 9.17) is 10.0 Å². The molecule has 0 bridgehead atoms. The second kappa shape index (κ2) is 34.7. The average Bonchev–Trinajstić information content (AvgIpc) is 1.69. The van der Waals surface area contributed by atoms with Gasteiger partial charge in [0, 0.05) is 0 Å². The third kappa shape index (κ3) is 93.9. The van der Waals surface area contributed by atoms with Crippen LogP contribution in [-0.2, 0) is 0 Å². The van der Waals surface area contributed by atoms with Gasteiger partial charge in [0.25, 0.3) is 0 Å². The van der Waals surface area contributed by atoms with Gasteiger partial charge in [0.1, 0.15) is 0 Å². The second-order valence-electron chi connectivity index (χ2n) is 0.865. The molecule has 0 rings (SSSR count). The first kappa shape index (κ1) is 22.4. The molecule has 0 aliphatic rings. The molecule has 0 unspecified atom stereocenters. The summed E-state index contributed by atoms with van der Waals surface area (Å²) in [6.45, 7) is 2.10. The Morgan fingerprint density at radius 2 is 1.56 bits per heavy atom. The van der Waals surface area contributed by atoms with Crippen LogP contribution in [0.5, 0.6) is 0 Å². The first-order chi connectivity index (χ1) is 3.33. The van der Waals surface area contributed by atoms with E-state index in [0.29, 0.717) is 0 Å². The first-order valence-electron chi connectivity index (χ1n) is 2.16. The predicted octanol–water partition coefficient (Wildman–Crippen LogP) is -1.91. The zero-order valence-electron chi connectivity index (χ0n) is 4.96. The van der Waals surface area contributed by atoms with Gasteiger partial charge in [-0.2, -0.15) is 12.6 Å². The van der Waals surface area contributed by atoms with Gasteiger partial charge in [-0.15, -0.1) is 0 Å². The zero-order chi connectivity index (χ0) is 6.12. The van der Waals surface area contributed by atoms with Gasteiger partial charge >= 0.3 is 37.2 Å². The van der Waals surface area contributed by atoms with Gasteiger partial charge in [-0.05, 0) is 12.2 Å². The topological polar surface area (TPSA) is 72.0 Å². The fourth-order valence-electron chi connectivity index (χ4n) is 0. The van der Waals surface area contributed by atoms with Gasteiger partial charge in [0.15, 0.2) is 0 Å². The Bertz CT molecular complexity index is 26.5. The number of thiol groups is 1. The average molecular weight is 164 g/mol. The monoisotopic (exact) mass is 164 g/mol. The Labute approximate surface area is 84.2 Å². The second-order valence-corrected chi connectivity index (χ2v) is 1.31. The van der Waals surface area contributed by atoms with E-state index in [-0.39, 0.29) is 35.0 Å². The van der Waals surface area contributed by atoms with E-state index >= 15 is 0 Å². The van der Waals surface area contributed by atoms with E-state index in [2.05, 4.69) is 19.6 Å². The Balaban J connectivity index is -0.0000000233. The minimum absolute atomic E-state index is 0. The Kier molecular flexibility index (Phi) is 86.5. The summed E-state index contributed by atoms with van der Waals surface area (Å²) in [6, 6.07) is 0. The molecule has 0 saturated heterocycles. The van der Waals surface area contributed by atoms with Crippen molar-refractivity contribution >= 4 is 49.9 Å². The summed E-state index contributed by atoms with van der Waals surface area (Å²) in [7, 11) is -0.750. The van der Waals surface area contributed by atoms with Crippen molar-refractivity contribution in [3.05, 3.63) is 0 Å². The summed E-state index contributed by atoms with van der Waals surface area (Å²) in [5, 5.41) is 14.2. The molecule has 0 radical (unpaired) electrons. The van der Waals surface area contributed by atoms with Crippen LogP contribution in [0.4, 0.5) is 0 Å². The normalized spacial score (nSPS) is 4.89. The molecule has 0 spiro atoms. The summed E-state index contributed by atoms with van der Waals surface area (Å²) in [5.41, 5.74) is 0. The summed E-state index contributed by atoms with van der Waals surface area (Å²) in [4.78, 5) is 0. The van der Waals surface area contributed by atoms with E-state index in [9.17, 15) is 0 Å². The van der Waals surface area contributed by atoms with Gasteiger partial charge in [0.2, 0.25) is 0 Å². The van der Waals surface area contributed by atoms with Crippen molar-refractivity contribution in [3.63, 3.8) is 0 Å². The van der Waals surface area contributed by atoms with Crippen LogP contribution < -0.4 is 0 Å². The van der Waals surface area contributed by atoms with Gasteiger partial charge in [0.05, 0.1) is 0 Å². The summed E-state index contributed by atoms with van der Waals surface area (Å²) < 4.78 is 0. The van der Waals surface area contributed by atoms with E-state index in [1.807, 2.05) is 0 Å². The van der Waals surface area contributed by atoms with Crippen LogP contribution in [0.3, 0.4) is 0 Å². The maximum absolute atomic E-state index is 7.12. The van der Waals surface area contributed by atoms with Gasteiger partial charge in [-0.1, -0.05) is 6.92 Å². The third-order valence-corrected chi connectivity index (χ3v) is 0.671. The molecule has 0 aromatic rings. The van der Waals surface area contributed by atoms with Crippen molar-refractivity contribution in [2.45, 2.75) is 13.3 Å². The van der Waals surface area contributed by atoms with Crippen molar-refractivity contribution in [1.29, 1.82) is 0 Å². The molecule has 0 atom stereocenters. The van der Waals surface area contributed by atoms with Crippen molar-refractivity contribution in [2.75, 3.05) is 5.75 Å². The maximum atomic E-state index is 7.12. The van der Waals surface area contributed by atoms with E-state index < -0.39 is 7.69 Å². The van der Waals surface area contributed by atoms with Crippen molar-refractivity contribution in [3.8, 4) is 0 Å². The Hall–Kier alpha value is 1.29. The van der Waals surface area contributed by atoms with Crippen LogP contribution in [0.25, 0.3) is 0 Å². The molecule has 0 fully saturated rings. The molecule has 3 nitrogen and oxygen atoms in total. The summed E-state index contributed by atoms with van der Waals surface area (Å²) in [6.07, 6.45) is 1.18. The van der Waals surface area contributed by atoms with E-state index in [0.717, 1.165) is 5.75 Å². The molecule has 0 heterocycles. The van der Waals surface area contributed by atoms with E-state index in [1.54, 1.807) is 0 Å². The molecule has 0 aromatic carbocycles. The van der Waals surface area contributed by atoms with Crippen molar-refractivity contribution in [2.24, 2.45) is 0 Å². The molecule has 0 aliphatic heterocycles. The third-order valence-electron chi connectivity index (χ3n) is 0.224. The molecule has 9 heavy (non-hydrogen) atoms. The molecule has 0 aromatic heterocycles. The zero-order valence-corrected chi connectivity index (χ0v) is 5.86. The molecule has 6 heteroatoms. The fourth-order valence-corrected chi connectivity index (χ4v) is 0. The van der Waals surface area contributed by atoms with Gasteiger partial charge in [-0.25, -0.2) is 0 Å². The summed E-state index contributed by atoms with van der Waals surface area (Å²) >= 11 is 3.92. The minimum atomic E-state index is -0.750. The van der Waals surface area contributed by atoms with Crippen LogP contribution >= 0.6 is 12.6 Å². The molecule has 0 saturated carbocycles. The molecule has 0 amide bonds. The quantitative estimate of drug-likeness (QED) is 0.312. The van der Waals surface area contributed by atoms with Crippen LogP contribution in [0.15, 0.2) is 0 Å². The summed E-state index contributed by atoms with van der Waals surface area (Å²) in [5.74, 6) is 1.01. The Morgan fingerprint density at radius 1 is 1.44 bits per heavy atom. The van der Waals surface area contributed by atoms with Crippen LogP contribution in [0, 0.1) is 0 Å². The number of hydrogen-bond acceptors (Lipinski definition) is 3. The standard InChI is InChI=1S/C3H8S.BH3O2.Na.H2O.H/c1-2-3-4;2-1-3;;;/h4H,2-3H2,1H3;1-3H;;1H2;. The molecule has 54 valence electrons. The molecular weight excluding hydrogens is 150 g/mol. The van der Waals surface area contributed by atoms with Crippen LogP contribution in [-0.4, -0.2) is 58.5 Å².